The Morgan fingerprint density at radius 2 is 1.84 bits per heavy atom. The highest BCUT2D eigenvalue weighted by atomic mass is 31.2. The summed E-state index contributed by atoms with van der Waals surface area (Å²) in [5.74, 6) is -0.931. The molecule has 0 amide bonds. The van der Waals surface area contributed by atoms with E-state index in [9.17, 15) is 14.5 Å². The van der Waals surface area contributed by atoms with Gasteiger partial charge in [-0.2, -0.15) is 0 Å². The van der Waals surface area contributed by atoms with Crippen molar-refractivity contribution in [2.45, 2.75) is 0 Å². The normalized spacial score (nSPS) is 11.7. The number of nitrogens with one attached hydrogen (secondary N) is 1. The highest BCUT2D eigenvalue weighted by molar-refractivity contribution is 7.48. The number of hydrogen-bond donors (Lipinski definition) is 2. The van der Waals surface area contributed by atoms with E-state index < -0.39 is 24.9 Å². The maximum absolute atomic E-state index is 11.8. The molecule has 7 nitrogen and oxygen atoms in total. The molecule has 0 saturated heterocycles. The summed E-state index contributed by atoms with van der Waals surface area (Å²) in [6.07, 6.45) is 0. The van der Waals surface area contributed by atoms with E-state index in [0.717, 1.165) is 14.2 Å². The van der Waals surface area contributed by atoms with Crippen molar-refractivity contribution < 1.29 is 23.2 Å². The standard InChI is InChI=1S/C11H12NO6P/c1-16-19(15,17-2)18-10-9(13)7-5-3-4-6-8(7)12-11(10)14/h3-6H,1-2H3,(H2,12,13,14). The predicted molar refractivity (Wildman–Crippen MR) is 68.5 cm³/mol. The summed E-state index contributed by atoms with van der Waals surface area (Å²) in [7, 11) is -1.70. The molecule has 0 aliphatic carbocycles. The van der Waals surface area contributed by atoms with Gasteiger partial charge in [-0.05, 0) is 12.1 Å². The Bertz CT molecular complexity index is 702. The second kappa shape index (κ2) is 5.05. The first kappa shape index (κ1) is 13.6. The van der Waals surface area contributed by atoms with Crippen molar-refractivity contribution >= 4 is 18.7 Å². The summed E-state index contributed by atoms with van der Waals surface area (Å²) >= 11 is 0. The van der Waals surface area contributed by atoms with E-state index >= 15 is 0 Å². The molecule has 0 bridgehead atoms. The van der Waals surface area contributed by atoms with E-state index in [1.165, 1.54) is 0 Å². The number of pyridine rings is 1. The van der Waals surface area contributed by atoms with Crippen LogP contribution in [-0.4, -0.2) is 24.3 Å². The van der Waals surface area contributed by atoms with Crippen molar-refractivity contribution in [1.29, 1.82) is 0 Å². The zero-order chi connectivity index (χ0) is 14.0. The van der Waals surface area contributed by atoms with Gasteiger partial charge in [0.25, 0.3) is 5.56 Å². The summed E-state index contributed by atoms with van der Waals surface area (Å²) in [4.78, 5) is 14.3. The summed E-state index contributed by atoms with van der Waals surface area (Å²) in [6, 6.07) is 6.58. The van der Waals surface area contributed by atoms with Crippen molar-refractivity contribution in [3.05, 3.63) is 34.6 Å². The summed E-state index contributed by atoms with van der Waals surface area (Å²) in [6.45, 7) is 0. The van der Waals surface area contributed by atoms with Crippen LogP contribution >= 0.6 is 7.82 Å². The van der Waals surface area contributed by atoms with Crippen LogP contribution in [0.25, 0.3) is 10.9 Å². The molecule has 19 heavy (non-hydrogen) atoms. The molecular weight excluding hydrogens is 273 g/mol. The number of rotatable bonds is 4. The molecule has 0 spiro atoms. The molecule has 0 unspecified atom stereocenters. The predicted octanol–water partition coefficient (Wildman–Crippen LogP) is 2.01. The Balaban J connectivity index is 2.61. The van der Waals surface area contributed by atoms with Crippen LogP contribution in [-0.2, 0) is 13.6 Å². The van der Waals surface area contributed by atoms with E-state index in [-0.39, 0.29) is 0 Å². The molecule has 2 N–H and O–H groups in total. The van der Waals surface area contributed by atoms with Gasteiger partial charge in [0.05, 0.1) is 5.52 Å². The molecule has 1 aromatic heterocycles. The van der Waals surface area contributed by atoms with Crippen molar-refractivity contribution in [3.8, 4) is 11.5 Å². The Labute approximate surface area is 108 Å². The quantitative estimate of drug-likeness (QED) is 0.834. The van der Waals surface area contributed by atoms with Crippen LogP contribution in [0.1, 0.15) is 0 Å². The molecule has 2 aromatic rings. The molecule has 102 valence electrons. The first-order chi connectivity index (χ1) is 9.00. The first-order valence-electron chi connectivity index (χ1n) is 5.26. The molecule has 8 heteroatoms. The number of para-hydroxylation sites is 1. The monoisotopic (exact) mass is 285 g/mol. The highest BCUT2D eigenvalue weighted by Crippen LogP contribution is 2.49. The number of H-pyrrole nitrogens is 1. The van der Waals surface area contributed by atoms with Crippen LogP contribution in [0.15, 0.2) is 29.1 Å². The average Bonchev–Trinajstić information content (AvgIpc) is 2.43. The average molecular weight is 285 g/mol. The Kier molecular flexibility index (Phi) is 3.61. The van der Waals surface area contributed by atoms with Crippen molar-refractivity contribution in [2.24, 2.45) is 0 Å². The number of aromatic nitrogens is 1. The molecule has 2 rings (SSSR count). The van der Waals surface area contributed by atoms with Gasteiger partial charge in [0.1, 0.15) is 0 Å². The third kappa shape index (κ3) is 2.49. The van der Waals surface area contributed by atoms with Crippen LogP contribution < -0.4 is 10.1 Å². The molecule has 1 heterocycles. The van der Waals surface area contributed by atoms with Gasteiger partial charge < -0.3 is 14.6 Å². The number of phosphoric acid groups is 1. The Hall–Kier alpha value is -1.82. The van der Waals surface area contributed by atoms with E-state index in [2.05, 4.69) is 14.0 Å². The van der Waals surface area contributed by atoms with E-state index in [1.807, 2.05) is 0 Å². The third-order valence-corrected chi connectivity index (χ3v) is 3.80. The van der Waals surface area contributed by atoms with Crippen LogP contribution in [0, 0.1) is 0 Å². The number of hydrogen-bond acceptors (Lipinski definition) is 6. The van der Waals surface area contributed by atoms with E-state index in [1.54, 1.807) is 24.3 Å². The molecule has 0 aliphatic heterocycles. The summed E-state index contributed by atoms with van der Waals surface area (Å²) < 4.78 is 25.8. The van der Waals surface area contributed by atoms with Gasteiger partial charge in [0.15, 0.2) is 5.75 Å². The third-order valence-electron chi connectivity index (χ3n) is 2.50. The SMILES string of the molecule is COP(=O)(OC)Oc1c(O)c2ccccc2[nH]c1=O. The molecule has 1 aromatic carbocycles. The Morgan fingerprint density at radius 3 is 2.47 bits per heavy atom. The zero-order valence-electron chi connectivity index (χ0n) is 10.2. The molecule has 0 aliphatic rings. The number of benzene rings is 1. The topological polar surface area (TPSA) is 97.8 Å². The van der Waals surface area contributed by atoms with Gasteiger partial charge in [0, 0.05) is 19.6 Å². The maximum Gasteiger partial charge on any atom is 0.529 e. The molecular formula is C11H12NO6P. The minimum atomic E-state index is -3.91. The van der Waals surface area contributed by atoms with Crippen molar-refractivity contribution in [2.75, 3.05) is 14.2 Å². The van der Waals surface area contributed by atoms with Gasteiger partial charge in [0.2, 0.25) is 5.75 Å². The van der Waals surface area contributed by atoms with Crippen molar-refractivity contribution in [1.82, 2.24) is 4.98 Å². The van der Waals surface area contributed by atoms with Crippen LogP contribution in [0.2, 0.25) is 0 Å². The van der Waals surface area contributed by atoms with Gasteiger partial charge >= 0.3 is 7.82 Å². The fourth-order valence-corrected chi connectivity index (χ4v) is 2.24. The minimum absolute atomic E-state index is 0.357. The van der Waals surface area contributed by atoms with E-state index in [4.69, 9.17) is 4.52 Å². The summed E-state index contributed by atoms with van der Waals surface area (Å²) in [5.41, 5.74) is -0.299. The fourth-order valence-electron chi connectivity index (χ4n) is 1.55. The lowest BCUT2D eigenvalue weighted by Gasteiger charge is -2.14. The Morgan fingerprint density at radius 1 is 1.21 bits per heavy atom. The van der Waals surface area contributed by atoms with Crippen LogP contribution in [0.4, 0.5) is 0 Å². The zero-order valence-corrected chi connectivity index (χ0v) is 11.1. The largest absolute Gasteiger partial charge is 0.529 e. The highest BCUT2D eigenvalue weighted by Gasteiger charge is 2.28. The number of aromatic amines is 1. The van der Waals surface area contributed by atoms with Gasteiger partial charge in [-0.15, -0.1) is 0 Å². The second-order valence-electron chi connectivity index (χ2n) is 3.58. The first-order valence-corrected chi connectivity index (χ1v) is 6.72. The number of aromatic hydroxyl groups is 1. The lowest BCUT2D eigenvalue weighted by atomic mass is 10.2. The molecule has 0 fully saturated rings. The van der Waals surface area contributed by atoms with Crippen LogP contribution in [0.5, 0.6) is 11.5 Å². The molecule has 0 atom stereocenters. The van der Waals surface area contributed by atoms with Gasteiger partial charge in [-0.25, -0.2) is 4.57 Å². The smallest absolute Gasteiger partial charge is 0.504 e. The fraction of sp³-hybridized carbons (Fsp3) is 0.182. The van der Waals surface area contributed by atoms with E-state index in [0.29, 0.717) is 10.9 Å². The maximum atomic E-state index is 11.8. The summed E-state index contributed by atoms with van der Waals surface area (Å²) in [5, 5.41) is 10.4. The van der Waals surface area contributed by atoms with Gasteiger partial charge in [-0.1, -0.05) is 12.1 Å². The minimum Gasteiger partial charge on any atom is -0.504 e. The number of phosphoric ester groups is 1. The second-order valence-corrected chi connectivity index (χ2v) is 5.39. The lowest BCUT2D eigenvalue weighted by Crippen LogP contribution is -2.11. The van der Waals surface area contributed by atoms with Gasteiger partial charge in [-0.3, -0.25) is 13.8 Å². The number of fused-ring (bicyclic) bond motifs is 1. The molecule has 0 radical (unpaired) electrons. The lowest BCUT2D eigenvalue weighted by molar-refractivity contribution is 0.208. The van der Waals surface area contributed by atoms with Crippen LogP contribution in [0.3, 0.4) is 0 Å². The van der Waals surface area contributed by atoms with Crippen molar-refractivity contribution in [3.63, 3.8) is 0 Å². The molecule has 0 saturated carbocycles.